The van der Waals surface area contributed by atoms with Crippen molar-refractivity contribution in [3.05, 3.63) is 47.4 Å². The van der Waals surface area contributed by atoms with Crippen molar-refractivity contribution in [3.63, 3.8) is 0 Å². The Morgan fingerprint density at radius 2 is 1.87 bits per heavy atom. The summed E-state index contributed by atoms with van der Waals surface area (Å²) in [6.07, 6.45) is -4.98. The first-order chi connectivity index (χ1) is 20.9. The van der Waals surface area contributed by atoms with E-state index in [1.807, 2.05) is 0 Å². The van der Waals surface area contributed by atoms with Crippen LogP contribution in [0.15, 0.2) is 30.6 Å². The third-order valence-electron chi connectivity index (χ3n) is 7.53. The molecule has 3 aromatic rings. The Balaban J connectivity index is 1.78. The van der Waals surface area contributed by atoms with Gasteiger partial charge in [0.15, 0.2) is 17.3 Å². The third-order valence-corrected chi connectivity index (χ3v) is 7.53. The molecule has 2 atom stereocenters. The number of aryl methyl sites for hydroxylation is 2. The number of hydrogen-bond acceptors (Lipinski definition) is 6. The number of hydrogen-bond donors (Lipinski definition) is 0. The van der Waals surface area contributed by atoms with Gasteiger partial charge in [-0.2, -0.15) is 28.6 Å². The summed E-state index contributed by atoms with van der Waals surface area (Å²) in [6.45, 7) is 4.86. The number of aromatic nitrogens is 4. The van der Waals surface area contributed by atoms with E-state index in [4.69, 9.17) is 9.47 Å². The van der Waals surface area contributed by atoms with Crippen molar-refractivity contribution in [2.45, 2.75) is 70.2 Å². The second-order valence-corrected chi connectivity index (χ2v) is 10.8. The number of carbonyl (C=O) groups excluding carboxylic acids is 1. The van der Waals surface area contributed by atoms with Crippen molar-refractivity contribution in [2.24, 2.45) is 7.05 Å². The SMILES string of the molecule is CCOCCN(C(=O)c1cc(-c2cnn(-c3c(OC(C)F)c(C(F)(C(C)(F)F)C(F)(F)F)nn3C)c2)ccc1C)C1(C#N)CC1. The molecule has 0 aliphatic heterocycles. The van der Waals surface area contributed by atoms with Gasteiger partial charge in [-0.25, -0.2) is 26.9 Å². The van der Waals surface area contributed by atoms with Gasteiger partial charge in [0.1, 0.15) is 5.54 Å². The molecule has 1 aliphatic carbocycles. The van der Waals surface area contributed by atoms with Crippen LogP contribution >= 0.6 is 0 Å². The summed E-state index contributed by atoms with van der Waals surface area (Å²) < 4.78 is 111. The van der Waals surface area contributed by atoms with Gasteiger partial charge in [-0.3, -0.25) is 4.79 Å². The molecular formula is C29H31F7N6O3. The lowest BCUT2D eigenvalue weighted by Crippen LogP contribution is -2.51. The van der Waals surface area contributed by atoms with Crippen LogP contribution in [-0.2, 0) is 17.5 Å². The minimum Gasteiger partial charge on any atom is -0.455 e. The topological polar surface area (TPSA) is 98.2 Å². The van der Waals surface area contributed by atoms with Gasteiger partial charge in [0, 0.05) is 51.4 Å². The molecule has 2 heterocycles. The van der Waals surface area contributed by atoms with Gasteiger partial charge >= 0.3 is 11.8 Å². The van der Waals surface area contributed by atoms with Crippen LogP contribution in [0.3, 0.4) is 0 Å². The van der Waals surface area contributed by atoms with E-state index < -0.39 is 52.8 Å². The largest absolute Gasteiger partial charge is 0.455 e. The summed E-state index contributed by atoms with van der Waals surface area (Å²) in [5.74, 6) is -7.22. The number of alkyl halides is 7. The lowest BCUT2D eigenvalue weighted by molar-refractivity contribution is -0.306. The Hall–Kier alpha value is -4.13. The van der Waals surface area contributed by atoms with Crippen molar-refractivity contribution >= 4 is 5.91 Å². The molecule has 1 fully saturated rings. The van der Waals surface area contributed by atoms with Crippen LogP contribution in [0, 0.1) is 18.3 Å². The van der Waals surface area contributed by atoms with E-state index in [9.17, 15) is 36.4 Å². The Morgan fingerprint density at radius 1 is 1.20 bits per heavy atom. The minimum absolute atomic E-state index is 0.186. The highest BCUT2D eigenvalue weighted by Gasteiger charge is 2.73. The Kier molecular flexibility index (Phi) is 9.00. The van der Waals surface area contributed by atoms with Crippen LogP contribution in [0.1, 0.15) is 55.2 Å². The average molecular weight is 645 g/mol. The van der Waals surface area contributed by atoms with Gasteiger partial charge in [-0.1, -0.05) is 12.1 Å². The molecule has 244 valence electrons. The predicted octanol–water partition coefficient (Wildman–Crippen LogP) is 6.19. The molecule has 9 nitrogen and oxygen atoms in total. The van der Waals surface area contributed by atoms with Gasteiger partial charge in [-0.15, -0.1) is 0 Å². The van der Waals surface area contributed by atoms with Gasteiger partial charge in [-0.05, 0) is 43.9 Å². The van der Waals surface area contributed by atoms with Crippen molar-refractivity contribution in [2.75, 3.05) is 19.8 Å². The number of nitriles is 1. The fraction of sp³-hybridized carbons (Fsp3) is 0.517. The highest BCUT2D eigenvalue weighted by Crippen LogP contribution is 2.55. The Bertz CT molecular complexity index is 1580. The number of rotatable bonds is 12. The molecule has 0 bridgehead atoms. The molecule has 2 aromatic heterocycles. The fourth-order valence-electron chi connectivity index (χ4n) is 4.97. The summed E-state index contributed by atoms with van der Waals surface area (Å²) in [5, 5.41) is 17.2. The number of ether oxygens (including phenoxy) is 2. The normalized spacial score (nSPS) is 16.5. The number of amides is 1. The van der Waals surface area contributed by atoms with E-state index in [2.05, 4.69) is 16.3 Å². The maximum atomic E-state index is 15.4. The number of benzene rings is 1. The highest BCUT2D eigenvalue weighted by molar-refractivity contribution is 5.98. The van der Waals surface area contributed by atoms with Crippen LogP contribution in [0.5, 0.6) is 5.75 Å². The monoisotopic (exact) mass is 644 g/mol. The van der Waals surface area contributed by atoms with E-state index in [0.717, 1.165) is 18.7 Å². The van der Waals surface area contributed by atoms with Crippen molar-refractivity contribution < 1.29 is 45.0 Å². The van der Waals surface area contributed by atoms with E-state index in [-0.39, 0.29) is 25.6 Å². The lowest BCUT2D eigenvalue weighted by Gasteiger charge is -2.31. The number of nitrogens with zero attached hydrogens (tertiary/aromatic N) is 6. The zero-order valence-electron chi connectivity index (χ0n) is 25.1. The smallest absolute Gasteiger partial charge is 0.434 e. The molecular weight excluding hydrogens is 613 g/mol. The summed E-state index contributed by atoms with van der Waals surface area (Å²) in [4.78, 5) is 15.2. The molecule has 45 heavy (non-hydrogen) atoms. The Labute approximate surface area is 254 Å². The Morgan fingerprint density at radius 3 is 2.40 bits per heavy atom. The van der Waals surface area contributed by atoms with Crippen molar-refractivity contribution in [1.82, 2.24) is 24.5 Å². The van der Waals surface area contributed by atoms with Gasteiger partial charge in [0.25, 0.3) is 11.8 Å². The second-order valence-electron chi connectivity index (χ2n) is 10.8. The quantitative estimate of drug-likeness (QED) is 0.172. The second kappa shape index (κ2) is 12.0. The maximum absolute atomic E-state index is 15.4. The zero-order chi connectivity index (χ0) is 33.5. The highest BCUT2D eigenvalue weighted by atomic mass is 19.4. The van der Waals surface area contributed by atoms with Crippen LogP contribution in [-0.4, -0.2) is 74.1 Å². The van der Waals surface area contributed by atoms with E-state index in [1.54, 1.807) is 32.0 Å². The number of halogens is 7. The standard InChI is InChI=1S/C29H31F7N6O3/c1-6-44-12-11-41(27(16-37)9-10-27)25(43)21-13-19(8-7-17(21)2)20-14-38-42(15-20)24-22(45-18(3)30)23(39-40(24)5)28(33,26(4,31)32)29(34,35)36/h7-8,13-15,18H,6,9-12H2,1-5H3. The predicted molar refractivity (Wildman–Crippen MR) is 146 cm³/mol. The third kappa shape index (κ3) is 6.09. The lowest BCUT2D eigenvalue weighted by atomic mass is 9.93. The summed E-state index contributed by atoms with van der Waals surface area (Å²) in [7, 11) is 1.03. The van der Waals surface area contributed by atoms with Gasteiger partial charge in [0.05, 0.1) is 18.9 Å². The maximum Gasteiger partial charge on any atom is 0.434 e. The first-order valence-corrected chi connectivity index (χ1v) is 13.9. The molecule has 1 saturated carbocycles. The molecule has 1 aliphatic rings. The molecule has 0 spiro atoms. The number of carbonyl (C=O) groups is 1. The van der Waals surface area contributed by atoms with E-state index >= 15 is 4.39 Å². The van der Waals surface area contributed by atoms with Crippen LogP contribution < -0.4 is 4.74 Å². The van der Waals surface area contributed by atoms with Crippen molar-refractivity contribution in [1.29, 1.82) is 5.26 Å². The van der Waals surface area contributed by atoms with Gasteiger partial charge in [0.2, 0.25) is 6.36 Å². The molecule has 16 heteroatoms. The zero-order valence-corrected chi connectivity index (χ0v) is 25.1. The molecule has 0 saturated heterocycles. The summed E-state index contributed by atoms with van der Waals surface area (Å²) in [5.41, 5.74) is -6.56. The van der Waals surface area contributed by atoms with Gasteiger partial charge < -0.3 is 14.4 Å². The molecule has 0 radical (unpaired) electrons. The fourth-order valence-corrected chi connectivity index (χ4v) is 4.97. The molecule has 1 amide bonds. The average Bonchev–Trinajstić information content (AvgIpc) is 3.47. The molecule has 1 aromatic carbocycles. The molecule has 2 unspecified atom stereocenters. The molecule has 4 rings (SSSR count). The first-order valence-electron chi connectivity index (χ1n) is 13.9. The van der Waals surface area contributed by atoms with Crippen molar-refractivity contribution in [3.8, 4) is 28.8 Å². The minimum atomic E-state index is -6.16. The van der Waals surface area contributed by atoms with E-state index in [1.165, 1.54) is 17.3 Å². The molecule has 0 N–H and O–H groups in total. The summed E-state index contributed by atoms with van der Waals surface area (Å²) in [6, 6.07) is 7.05. The van der Waals surface area contributed by atoms with E-state index in [0.29, 0.717) is 40.8 Å². The van der Waals surface area contributed by atoms with Crippen LogP contribution in [0.4, 0.5) is 30.7 Å². The summed E-state index contributed by atoms with van der Waals surface area (Å²) >= 11 is 0. The first kappa shape index (κ1) is 33.8. The van der Waals surface area contributed by atoms with Crippen LogP contribution in [0.25, 0.3) is 16.9 Å². The van der Waals surface area contributed by atoms with Crippen LogP contribution in [0.2, 0.25) is 0 Å².